The Morgan fingerprint density at radius 1 is 1.26 bits per heavy atom. The number of methoxy groups -OCH3 is 1. The Hall–Kier alpha value is -2.02. The third kappa shape index (κ3) is 5.99. The lowest BCUT2D eigenvalue weighted by Gasteiger charge is -2.05. The van der Waals surface area contributed by atoms with Gasteiger partial charge in [-0.3, -0.25) is 4.79 Å². The average molecular weight is 419 g/mol. The van der Waals surface area contributed by atoms with Gasteiger partial charge in [0.2, 0.25) is 5.91 Å². The maximum atomic E-state index is 12.0. The fourth-order valence-electron chi connectivity index (χ4n) is 2.36. The van der Waals surface area contributed by atoms with Crippen LogP contribution in [0.3, 0.4) is 0 Å². The summed E-state index contributed by atoms with van der Waals surface area (Å²) in [6, 6.07) is 15.3. The molecular formula is C20H19ClN2O2S2. The van der Waals surface area contributed by atoms with Gasteiger partial charge in [0.1, 0.15) is 10.8 Å². The van der Waals surface area contributed by atoms with Crippen molar-refractivity contribution in [2.75, 3.05) is 12.9 Å². The number of hydrogen-bond donors (Lipinski definition) is 1. The predicted octanol–water partition coefficient (Wildman–Crippen LogP) is 5.02. The highest BCUT2D eigenvalue weighted by Gasteiger charge is 2.08. The number of aromatic nitrogens is 1. The summed E-state index contributed by atoms with van der Waals surface area (Å²) in [6.45, 7) is 0.507. The summed E-state index contributed by atoms with van der Waals surface area (Å²) in [5.74, 6) is 1.93. The van der Waals surface area contributed by atoms with Crippen LogP contribution < -0.4 is 10.1 Å². The van der Waals surface area contributed by atoms with Gasteiger partial charge in [0.05, 0.1) is 18.6 Å². The maximum absolute atomic E-state index is 12.0. The zero-order valence-corrected chi connectivity index (χ0v) is 17.2. The number of carbonyl (C=O) groups excluding carboxylic acids is 1. The lowest BCUT2D eigenvalue weighted by Crippen LogP contribution is -2.24. The van der Waals surface area contributed by atoms with Crippen LogP contribution in [0.5, 0.6) is 5.75 Å². The van der Waals surface area contributed by atoms with Gasteiger partial charge < -0.3 is 10.1 Å². The van der Waals surface area contributed by atoms with Crippen molar-refractivity contribution in [1.82, 2.24) is 10.3 Å². The van der Waals surface area contributed by atoms with Gasteiger partial charge in [0, 0.05) is 28.3 Å². The maximum Gasteiger partial charge on any atom is 0.230 e. The number of thiazole rings is 1. The molecule has 0 unspecified atom stereocenters. The lowest BCUT2D eigenvalue weighted by molar-refractivity contribution is -0.118. The van der Waals surface area contributed by atoms with E-state index in [4.69, 9.17) is 16.3 Å². The molecule has 140 valence electrons. The summed E-state index contributed by atoms with van der Waals surface area (Å²) in [5, 5.41) is 6.60. The third-order valence-electron chi connectivity index (χ3n) is 3.75. The van der Waals surface area contributed by atoms with Crippen molar-refractivity contribution < 1.29 is 9.53 Å². The van der Waals surface area contributed by atoms with E-state index < -0.39 is 0 Å². The minimum atomic E-state index is 0.0122. The van der Waals surface area contributed by atoms with E-state index >= 15 is 0 Å². The molecule has 0 radical (unpaired) electrons. The predicted molar refractivity (Wildman–Crippen MR) is 114 cm³/mol. The van der Waals surface area contributed by atoms with Gasteiger partial charge >= 0.3 is 0 Å². The Balaban J connectivity index is 1.44. The number of amides is 1. The molecule has 7 heteroatoms. The third-order valence-corrected chi connectivity index (χ3v) is 5.91. The van der Waals surface area contributed by atoms with Crippen molar-refractivity contribution in [2.24, 2.45) is 0 Å². The van der Waals surface area contributed by atoms with Crippen LogP contribution in [0.25, 0.3) is 10.6 Å². The molecule has 1 amide bonds. The number of thioether (sulfide) groups is 1. The molecular weight excluding hydrogens is 400 g/mol. The molecule has 4 nitrogen and oxygen atoms in total. The number of nitrogens with one attached hydrogen (secondary N) is 1. The van der Waals surface area contributed by atoms with Gasteiger partial charge in [-0.05, 0) is 29.8 Å². The van der Waals surface area contributed by atoms with Crippen LogP contribution in [0.15, 0.2) is 53.9 Å². The monoisotopic (exact) mass is 418 g/mol. The van der Waals surface area contributed by atoms with Crippen LogP contribution in [-0.2, 0) is 17.1 Å². The minimum Gasteiger partial charge on any atom is -0.497 e. The molecule has 0 fully saturated rings. The Bertz CT molecular complexity index is 897. The first-order valence-electron chi connectivity index (χ1n) is 8.32. The van der Waals surface area contributed by atoms with Gasteiger partial charge in [0.15, 0.2) is 0 Å². The van der Waals surface area contributed by atoms with E-state index in [9.17, 15) is 4.79 Å². The molecule has 0 spiro atoms. The SMILES string of the molecule is COc1cccc(-c2nc(CSCC(=O)NCc3ccc(Cl)cc3)cs2)c1. The van der Waals surface area contributed by atoms with Crippen LogP contribution in [-0.4, -0.2) is 23.8 Å². The molecule has 0 aliphatic heterocycles. The molecule has 0 bridgehead atoms. The molecule has 1 heterocycles. The molecule has 1 N–H and O–H groups in total. The van der Waals surface area contributed by atoms with Crippen molar-refractivity contribution in [3.8, 4) is 16.3 Å². The molecule has 3 aromatic rings. The van der Waals surface area contributed by atoms with E-state index in [2.05, 4.69) is 10.3 Å². The first kappa shape index (κ1) is 19.7. The van der Waals surface area contributed by atoms with Gasteiger partial charge in [0.25, 0.3) is 0 Å². The number of rotatable bonds is 8. The van der Waals surface area contributed by atoms with Crippen LogP contribution in [0.2, 0.25) is 5.02 Å². The second kappa shape index (κ2) is 9.78. The summed E-state index contributed by atoms with van der Waals surface area (Å²) in [5.41, 5.74) is 3.05. The van der Waals surface area contributed by atoms with Gasteiger partial charge in [-0.1, -0.05) is 35.9 Å². The van der Waals surface area contributed by atoms with Crippen LogP contribution >= 0.6 is 34.7 Å². The smallest absolute Gasteiger partial charge is 0.230 e. The molecule has 27 heavy (non-hydrogen) atoms. The van der Waals surface area contributed by atoms with E-state index in [1.807, 2.05) is 53.9 Å². The van der Waals surface area contributed by atoms with Crippen molar-refractivity contribution in [2.45, 2.75) is 12.3 Å². The van der Waals surface area contributed by atoms with E-state index in [1.165, 1.54) is 0 Å². The Labute approximate surface area is 171 Å². The van der Waals surface area contributed by atoms with Crippen molar-refractivity contribution in [3.63, 3.8) is 0 Å². The van der Waals surface area contributed by atoms with Gasteiger partial charge in [-0.15, -0.1) is 23.1 Å². The molecule has 3 rings (SSSR count). The fraction of sp³-hybridized carbons (Fsp3) is 0.200. The minimum absolute atomic E-state index is 0.0122. The molecule has 0 atom stereocenters. The zero-order valence-electron chi connectivity index (χ0n) is 14.8. The molecule has 1 aromatic heterocycles. The van der Waals surface area contributed by atoms with Crippen molar-refractivity contribution >= 4 is 40.6 Å². The summed E-state index contributed by atoms with van der Waals surface area (Å²) in [7, 11) is 1.65. The van der Waals surface area contributed by atoms with Crippen LogP contribution in [0, 0.1) is 0 Å². The normalized spacial score (nSPS) is 10.6. The lowest BCUT2D eigenvalue weighted by atomic mass is 10.2. The number of nitrogens with zero attached hydrogens (tertiary/aromatic N) is 1. The number of halogens is 1. The van der Waals surface area contributed by atoms with Crippen molar-refractivity contribution in [1.29, 1.82) is 0 Å². The molecule has 0 aliphatic carbocycles. The van der Waals surface area contributed by atoms with E-state index in [-0.39, 0.29) is 5.91 Å². The van der Waals surface area contributed by atoms with E-state index in [1.54, 1.807) is 30.2 Å². The highest BCUT2D eigenvalue weighted by Crippen LogP contribution is 2.28. The average Bonchev–Trinajstić information content (AvgIpc) is 3.16. The number of ether oxygens (including phenoxy) is 1. The molecule has 0 saturated carbocycles. The quantitative estimate of drug-likeness (QED) is 0.558. The van der Waals surface area contributed by atoms with E-state index in [0.717, 1.165) is 27.6 Å². The van der Waals surface area contributed by atoms with Crippen molar-refractivity contribution in [3.05, 3.63) is 70.2 Å². The summed E-state index contributed by atoms with van der Waals surface area (Å²) in [4.78, 5) is 16.6. The Morgan fingerprint density at radius 3 is 2.85 bits per heavy atom. The second-order valence-electron chi connectivity index (χ2n) is 5.77. The van der Waals surface area contributed by atoms with Crippen LogP contribution in [0.4, 0.5) is 0 Å². The number of benzene rings is 2. The Morgan fingerprint density at radius 2 is 2.07 bits per heavy atom. The molecule has 0 aliphatic rings. The van der Waals surface area contributed by atoms with Gasteiger partial charge in [-0.25, -0.2) is 4.98 Å². The highest BCUT2D eigenvalue weighted by atomic mass is 35.5. The highest BCUT2D eigenvalue weighted by molar-refractivity contribution is 7.99. The first-order valence-corrected chi connectivity index (χ1v) is 10.7. The Kier molecular flexibility index (Phi) is 7.15. The summed E-state index contributed by atoms with van der Waals surface area (Å²) in [6.07, 6.45) is 0. The topological polar surface area (TPSA) is 51.2 Å². The second-order valence-corrected chi connectivity index (χ2v) is 8.05. The zero-order chi connectivity index (χ0) is 19.1. The standard InChI is InChI=1S/C20H19ClN2O2S2/c1-25-18-4-2-3-15(9-18)20-23-17(12-27-20)11-26-13-19(24)22-10-14-5-7-16(21)8-6-14/h2-9,12H,10-11,13H2,1H3,(H,22,24). The van der Waals surface area contributed by atoms with Gasteiger partial charge in [-0.2, -0.15) is 0 Å². The summed E-state index contributed by atoms with van der Waals surface area (Å²) >= 11 is 9.01. The first-order chi connectivity index (χ1) is 13.1. The fourth-order valence-corrected chi connectivity index (χ4v) is 4.16. The summed E-state index contributed by atoms with van der Waals surface area (Å²) < 4.78 is 5.26. The number of hydrogen-bond acceptors (Lipinski definition) is 5. The number of carbonyl (C=O) groups is 1. The largest absolute Gasteiger partial charge is 0.497 e. The van der Waals surface area contributed by atoms with Crippen LogP contribution in [0.1, 0.15) is 11.3 Å². The molecule has 0 saturated heterocycles. The molecule has 2 aromatic carbocycles. The van der Waals surface area contributed by atoms with E-state index in [0.29, 0.717) is 23.1 Å².